The third-order valence-corrected chi connectivity index (χ3v) is 4.11. The number of benzene rings is 2. The first-order valence-corrected chi connectivity index (χ1v) is 8.36. The zero-order valence-electron chi connectivity index (χ0n) is 15.4. The monoisotopic (exact) mass is 374 g/mol. The maximum absolute atomic E-state index is 11.5. The molecule has 28 heavy (non-hydrogen) atoms. The topological polar surface area (TPSA) is 103 Å². The lowest BCUT2D eigenvalue weighted by Gasteiger charge is -2.09. The highest BCUT2D eigenvalue weighted by atomic mass is 16.5. The molecule has 0 aliphatic rings. The standard InChI is InChI=1S/C21H18N4O3/c1-27-17-8-9-19(28-2)18(11-17)20-15(10-14(12-22)21(23)26)13-25(24-20)16-6-4-3-5-7-16/h3-11,13H,1-2H3,(H2,23,26)/b14-10+. The minimum absolute atomic E-state index is 0.171. The normalized spacial score (nSPS) is 11.0. The van der Waals surface area contributed by atoms with Gasteiger partial charge in [-0.05, 0) is 36.4 Å². The number of ether oxygens (including phenoxy) is 2. The molecule has 0 saturated carbocycles. The Bertz CT molecular complexity index is 1080. The van der Waals surface area contributed by atoms with Crippen LogP contribution < -0.4 is 15.2 Å². The number of methoxy groups -OCH3 is 2. The number of nitriles is 1. The lowest BCUT2D eigenvalue weighted by molar-refractivity contribution is -0.114. The molecule has 0 unspecified atom stereocenters. The molecule has 0 bridgehead atoms. The van der Waals surface area contributed by atoms with Gasteiger partial charge in [0.25, 0.3) is 5.91 Å². The highest BCUT2D eigenvalue weighted by Crippen LogP contribution is 2.35. The fraction of sp³-hybridized carbons (Fsp3) is 0.0952. The van der Waals surface area contributed by atoms with E-state index < -0.39 is 5.91 Å². The Morgan fingerprint density at radius 3 is 2.54 bits per heavy atom. The number of hydrogen-bond acceptors (Lipinski definition) is 5. The Morgan fingerprint density at radius 2 is 1.93 bits per heavy atom. The van der Waals surface area contributed by atoms with Crippen molar-refractivity contribution in [3.05, 3.63) is 65.9 Å². The van der Waals surface area contributed by atoms with E-state index >= 15 is 0 Å². The molecule has 0 aliphatic heterocycles. The van der Waals surface area contributed by atoms with Crippen LogP contribution in [0.2, 0.25) is 0 Å². The van der Waals surface area contributed by atoms with Gasteiger partial charge < -0.3 is 15.2 Å². The molecule has 7 heteroatoms. The van der Waals surface area contributed by atoms with E-state index in [1.165, 1.54) is 6.08 Å². The predicted octanol–water partition coefficient (Wildman–Crippen LogP) is 2.95. The predicted molar refractivity (Wildman–Crippen MR) is 105 cm³/mol. The number of amides is 1. The zero-order chi connectivity index (χ0) is 20.1. The second-order valence-electron chi connectivity index (χ2n) is 5.81. The molecule has 2 aromatic carbocycles. The van der Waals surface area contributed by atoms with Crippen LogP contribution >= 0.6 is 0 Å². The molecule has 1 heterocycles. The molecule has 0 spiro atoms. The number of hydrogen-bond donors (Lipinski definition) is 1. The molecule has 3 rings (SSSR count). The number of aromatic nitrogens is 2. The fourth-order valence-corrected chi connectivity index (χ4v) is 2.73. The van der Waals surface area contributed by atoms with Crippen LogP contribution in [0.1, 0.15) is 5.56 Å². The van der Waals surface area contributed by atoms with Crippen molar-refractivity contribution in [2.45, 2.75) is 0 Å². The number of carbonyl (C=O) groups excluding carboxylic acids is 1. The van der Waals surface area contributed by atoms with E-state index in [9.17, 15) is 10.1 Å². The molecule has 1 aromatic heterocycles. The number of nitrogens with zero attached hydrogens (tertiary/aromatic N) is 3. The fourth-order valence-electron chi connectivity index (χ4n) is 2.73. The Hall–Kier alpha value is -4.05. The van der Waals surface area contributed by atoms with Gasteiger partial charge in [-0.2, -0.15) is 10.4 Å². The molecule has 1 amide bonds. The Morgan fingerprint density at radius 1 is 1.18 bits per heavy atom. The highest BCUT2D eigenvalue weighted by Gasteiger charge is 2.17. The van der Waals surface area contributed by atoms with E-state index in [0.717, 1.165) is 5.69 Å². The van der Waals surface area contributed by atoms with Crippen LogP contribution in [0.25, 0.3) is 23.0 Å². The summed E-state index contributed by atoms with van der Waals surface area (Å²) in [6.45, 7) is 0. The molecule has 0 radical (unpaired) electrons. The molecular weight excluding hydrogens is 356 g/mol. The summed E-state index contributed by atoms with van der Waals surface area (Å²) in [6.07, 6.45) is 3.15. The smallest absolute Gasteiger partial charge is 0.259 e. The maximum Gasteiger partial charge on any atom is 0.259 e. The van der Waals surface area contributed by atoms with Crippen molar-refractivity contribution in [2.75, 3.05) is 14.2 Å². The lowest BCUT2D eigenvalue weighted by Crippen LogP contribution is -2.12. The van der Waals surface area contributed by atoms with Gasteiger partial charge >= 0.3 is 0 Å². The number of rotatable bonds is 6. The Kier molecular flexibility index (Phi) is 5.42. The molecule has 0 fully saturated rings. The van der Waals surface area contributed by atoms with Gasteiger partial charge in [-0.1, -0.05) is 18.2 Å². The minimum atomic E-state index is -0.807. The SMILES string of the molecule is COc1ccc(OC)c(-c2nn(-c3ccccc3)cc2/C=C(\C#N)C(N)=O)c1. The van der Waals surface area contributed by atoms with E-state index in [2.05, 4.69) is 5.10 Å². The van der Waals surface area contributed by atoms with Crippen LogP contribution in [0.5, 0.6) is 11.5 Å². The zero-order valence-corrected chi connectivity index (χ0v) is 15.4. The number of primary amides is 1. The van der Waals surface area contributed by atoms with E-state index in [-0.39, 0.29) is 5.57 Å². The van der Waals surface area contributed by atoms with E-state index in [1.54, 1.807) is 43.3 Å². The van der Waals surface area contributed by atoms with Crippen molar-refractivity contribution in [3.63, 3.8) is 0 Å². The van der Waals surface area contributed by atoms with Crippen LogP contribution in [0, 0.1) is 11.3 Å². The molecular formula is C21H18N4O3. The van der Waals surface area contributed by atoms with Crippen molar-refractivity contribution in [3.8, 4) is 34.5 Å². The van der Waals surface area contributed by atoms with Gasteiger partial charge in [0, 0.05) is 17.3 Å². The molecule has 0 aliphatic carbocycles. The van der Waals surface area contributed by atoms with Gasteiger partial charge in [0.2, 0.25) is 0 Å². The van der Waals surface area contributed by atoms with Gasteiger partial charge in [-0.15, -0.1) is 0 Å². The second-order valence-corrected chi connectivity index (χ2v) is 5.81. The molecule has 0 atom stereocenters. The van der Waals surface area contributed by atoms with Gasteiger partial charge in [-0.3, -0.25) is 4.79 Å². The third-order valence-electron chi connectivity index (χ3n) is 4.11. The maximum atomic E-state index is 11.5. The summed E-state index contributed by atoms with van der Waals surface area (Å²) in [5.74, 6) is 0.389. The molecule has 7 nitrogen and oxygen atoms in total. The van der Waals surface area contributed by atoms with Crippen molar-refractivity contribution in [2.24, 2.45) is 5.73 Å². The summed E-state index contributed by atoms with van der Waals surface area (Å²) in [4.78, 5) is 11.5. The Labute approximate surface area is 162 Å². The van der Waals surface area contributed by atoms with Crippen molar-refractivity contribution < 1.29 is 14.3 Å². The van der Waals surface area contributed by atoms with Crippen molar-refractivity contribution in [1.82, 2.24) is 9.78 Å². The van der Waals surface area contributed by atoms with Crippen LogP contribution in [0.4, 0.5) is 0 Å². The first-order chi connectivity index (χ1) is 13.6. The summed E-state index contributed by atoms with van der Waals surface area (Å²) < 4.78 is 12.4. The van der Waals surface area contributed by atoms with Crippen LogP contribution in [-0.4, -0.2) is 29.9 Å². The molecule has 0 saturated heterocycles. The summed E-state index contributed by atoms with van der Waals surface area (Å²) >= 11 is 0. The lowest BCUT2D eigenvalue weighted by atomic mass is 10.0. The Balaban J connectivity index is 2.26. The first-order valence-electron chi connectivity index (χ1n) is 8.36. The average Bonchev–Trinajstić information content (AvgIpc) is 3.15. The van der Waals surface area contributed by atoms with Crippen molar-refractivity contribution in [1.29, 1.82) is 5.26 Å². The van der Waals surface area contributed by atoms with Gasteiger partial charge in [0.15, 0.2) is 0 Å². The van der Waals surface area contributed by atoms with Crippen LogP contribution in [0.15, 0.2) is 60.3 Å². The largest absolute Gasteiger partial charge is 0.497 e. The average molecular weight is 374 g/mol. The summed E-state index contributed by atoms with van der Waals surface area (Å²) in [5.41, 5.74) is 7.68. The van der Waals surface area contributed by atoms with Gasteiger partial charge in [0.05, 0.1) is 19.9 Å². The molecule has 3 aromatic rings. The summed E-state index contributed by atoms with van der Waals surface area (Å²) in [6, 6.07) is 16.6. The van der Waals surface area contributed by atoms with E-state index in [4.69, 9.17) is 15.2 Å². The quantitative estimate of drug-likeness (QED) is 0.528. The van der Waals surface area contributed by atoms with Gasteiger partial charge in [0.1, 0.15) is 28.8 Å². The summed E-state index contributed by atoms with van der Waals surface area (Å²) in [7, 11) is 3.12. The van der Waals surface area contributed by atoms with Gasteiger partial charge in [-0.25, -0.2) is 4.68 Å². The summed E-state index contributed by atoms with van der Waals surface area (Å²) in [5, 5.41) is 13.9. The van der Waals surface area contributed by atoms with Crippen molar-refractivity contribution >= 4 is 12.0 Å². The highest BCUT2D eigenvalue weighted by molar-refractivity contribution is 6.01. The number of para-hydroxylation sites is 1. The number of carbonyl (C=O) groups is 1. The van der Waals surface area contributed by atoms with E-state index in [1.807, 2.05) is 36.4 Å². The molecule has 2 N–H and O–H groups in total. The molecule has 140 valence electrons. The van der Waals surface area contributed by atoms with Crippen LogP contribution in [-0.2, 0) is 4.79 Å². The number of nitrogens with two attached hydrogens (primary N) is 1. The van der Waals surface area contributed by atoms with E-state index in [0.29, 0.717) is 28.3 Å². The minimum Gasteiger partial charge on any atom is -0.497 e. The second kappa shape index (κ2) is 8.10. The van der Waals surface area contributed by atoms with Crippen LogP contribution in [0.3, 0.4) is 0 Å². The third kappa shape index (κ3) is 3.71. The first kappa shape index (κ1) is 18.7.